The summed E-state index contributed by atoms with van der Waals surface area (Å²) in [4.78, 5) is 4.96. The van der Waals surface area contributed by atoms with Gasteiger partial charge < -0.3 is 18.4 Å². The van der Waals surface area contributed by atoms with E-state index in [1.807, 2.05) is 41.1 Å². The maximum atomic E-state index is 9.27. The van der Waals surface area contributed by atoms with Gasteiger partial charge in [-0.15, -0.1) is 29.7 Å². The molecule has 1 aliphatic heterocycles. The molecule has 123 heavy (non-hydrogen) atoms. The first-order valence-electron chi connectivity index (χ1n) is 45.3. The first-order valence-corrected chi connectivity index (χ1v) is 43.8. The van der Waals surface area contributed by atoms with Crippen LogP contribution in [0.1, 0.15) is 241 Å². The SMILES string of the molecule is [2H]C([2H])([2H])[n+]1[c-]n(-c2[c-]c(Oc3[c-]c4c(cc3)c3ccccc3n4-c3cc(C(C)(C)C)ccn3)ccc2)c2cc([N+]3(C)c4cc(-c5c(-c6cc(C(C)(C)C)cc(C(C)(C)C)c6)cccc5-c5cc(C(C)(C)C)cc(C(C)(C)C)c5)ccc4-c4ccc(-c5c(-c6cc(C(C)(C)C)cc(C(C)(C)C)c6)cccc5-c5cc(C(C)(C)C)cc(C(C)(C)C)c5)cc43)ccc21.[Pt]. The Bertz CT molecular complexity index is 6250. The molecule has 0 N–H and O–H groups in total. The molecular formula is C116H126N5OPt-. The zero-order valence-corrected chi connectivity index (χ0v) is 80.2. The van der Waals surface area contributed by atoms with Crippen molar-refractivity contribution in [2.45, 2.75) is 236 Å². The van der Waals surface area contributed by atoms with E-state index in [9.17, 15) is 4.11 Å². The summed E-state index contributed by atoms with van der Waals surface area (Å²) in [5.41, 5.74) is 32.5. The van der Waals surface area contributed by atoms with E-state index in [0.29, 0.717) is 28.2 Å². The maximum absolute atomic E-state index is 9.27. The molecule has 15 aromatic rings. The van der Waals surface area contributed by atoms with Gasteiger partial charge in [-0.25, -0.2) is 9.47 Å². The number of para-hydroxylation sites is 1. The predicted octanol–water partition coefficient (Wildman–Crippen LogP) is 31.4. The van der Waals surface area contributed by atoms with E-state index < -0.39 is 6.98 Å². The number of imidazole rings is 1. The minimum absolute atomic E-state index is 0. The second kappa shape index (κ2) is 30.7. The molecule has 0 radical (unpaired) electrons. The monoisotopic (exact) mass is 1800 g/mol. The van der Waals surface area contributed by atoms with Crippen molar-refractivity contribution in [1.82, 2.24) is 18.6 Å². The van der Waals surface area contributed by atoms with Gasteiger partial charge in [-0.05, 0) is 213 Å². The number of quaternary nitrogens is 1. The second-order valence-corrected chi connectivity index (χ2v) is 44.2. The molecule has 6 nitrogen and oxygen atoms in total. The minimum atomic E-state index is -2.63. The Morgan fingerprint density at radius 3 is 1.15 bits per heavy atom. The van der Waals surface area contributed by atoms with E-state index in [1.54, 1.807) is 0 Å². The van der Waals surface area contributed by atoms with Crippen LogP contribution in [0.5, 0.6) is 11.5 Å². The van der Waals surface area contributed by atoms with Gasteiger partial charge in [0.2, 0.25) is 6.33 Å². The molecule has 0 amide bonds. The standard InChI is InChI=1S/C116H126N5O.Pt/c1-108(2,3)78-51-52-117-105(67-78)120-99-42-31-30-37-95(99)96-49-46-90(70-101(96)120)122-89-36-32-35-87(68-89)119-71-118(28)100-50-45-88(69-102(100)119)121(29)103-61-72(106-91(74-53-79(109(4,5)6)63-80(54-74)110(7,8)9)38-33-39-92(106)75-55-81(111(10,11)12)64-82(56-75)112(13,14)15)43-47-97(103)98-48-44-73(62-104(98)121)107-93(76-57-83(113(16,17)18)65-84(58-76)114(19,20)21)40-34-41-94(107)77-59-85(115(22,23)24)66-86(60-77)116(25,26)27;/h30-67,69H,1-29H3;/q-1;/i28D3;. The van der Waals surface area contributed by atoms with Crippen LogP contribution in [0.25, 0.3) is 122 Å². The van der Waals surface area contributed by atoms with E-state index in [2.05, 4.69) is 417 Å². The molecule has 0 atom stereocenters. The minimum Gasteiger partial charge on any atom is -0.510 e. The third-order valence-electron chi connectivity index (χ3n) is 25.6. The Hall–Kier alpha value is -10.5. The van der Waals surface area contributed by atoms with Crippen molar-refractivity contribution >= 4 is 49.9 Å². The maximum Gasteiger partial charge on any atom is 0.242 e. The summed E-state index contributed by atoms with van der Waals surface area (Å²) in [7, 11) is 2.36. The fourth-order valence-electron chi connectivity index (χ4n) is 17.7. The summed E-state index contributed by atoms with van der Waals surface area (Å²) in [5, 5.41) is 2.10. The number of ether oxygens (including phenoxy) is 1. The Balaban J connectivity index is 0.0000122. The molecule has 4 heterocycles. The average Bonchev–Trinajstić information content (AvgIpc) is 1.53. The first kappa shape index (κ1) is 83.4. The Morgan fingerprint density at radius 2 is 0.740 bits per heavy atom. The second-order valence-electron chi connectivity index (χ2n) is 44.2. The van der Waals surface area contributed by atoms with Crippen molar-refractivity contribution in [3.05, 3.63) is 305 Å². The molecule has 0 bridgehead atoms. The van der Waals surface area contributed by atoms with Gasteiger partial charge in [-0.2, -0.15) is 18.2 Å². The van der Waals surface area contributed by atoms with Crippen LogP contribution in [0.3, 0.4) is 0 Å². The van der Waals surface area contributed by atoms with Crippen LogP contribution in [-0.2, 0) is 76.8 Å². The zero-order valence-electron chi connectivity index (χ0n) is 81.0. The largest absolute Gasteiger partial charge is 0.510 e. The quantitative estimate of drug-likeness (QED) is 0.0735. The molecule has 3 aromatic heterocycles. The van der Waals surface area contributed by atoms with E-state index in [-0.39, 0.29) is 74.3 Å². The van der Waals surface area contributed by atoms with Crippen LogP contribution < -0.4 is 13.8 Å². The van der Waals surface area contributed by atoms with Gasteiger partial charge in [0, 0.05) is 67.5 Å². The summed E-state index contributed by atoms with van der Waals surface area (Å²) in [6.45, 7) is 59.9. The smallest absolute Gasteiger partial charge is 0.242 e. The Kier molecular flexibility index (Phi) is 20.8. The number of hydrogen-bond donors (Lipinski definition) is 0. The summed E-state index contributed by atoms with van der Waals surface area (Å²) >= 11 is 0. The number of hydrogen-bond acceptors (Lipinski definition) is 2. The van der Waals surface area contributed by atoms with Gasteiger partial charge in [0.15, 0.2) is 11.4 Å². The van der Waals surface area contributed by atoms with Crippen LogP contribution in [0.2, 0.25) is 0 Å². The third kappa shape index (κ3) is 16.5. The number of fused-ring (bicyclic) bond motifs is 7. The summed E-state index contributed by atoms with van der Waals surface area (Å²) < 4.78 is 40.2. The van der Waals surface area contributed by atoms with Gasteiger partial charge in [0.25, 0.3) is 0 Å². The molecule has 0 unspecified atom stereocenters. The van der Waals surface area contributed by atoms with Gasteiger partial charge in [0.05, 0.1) is 29.2 Å². The predicted molar refractivity (Wildman–Crippen MR) is 519 cm³/mol. The number of aryl methyl sites for hydroxylation is 1. The van der Waals surface area contributed by atoms with Crippen LogP contribution in [0, 0.1) is 18.5 Å². The van der Waals surface area contributed by atoms with Crippen LogP contribution in [-0.4, -0.2) is 21.2 Å². The van der Waals surface area contributed by atoms with E-state index >= 15 is 0 Å². The first-order chi connectivity index (χ1) is 58.1. The van der Waals surface area contributed by atoms with E-state index in [0.717, 1.165) is 100 Å². The summed E-state index contributed by atoms with van der Waals surface area (Å²) in [6, 6.07) is 93.9. The van der Waals surface area contributed by atoms with Gasteiger partial charge in [0.1, 0.15) is 11.5 Å². The van der Waals surface area contributed by atoms with Crippen molar-refractivity contribution in [1.29, 1.82) is 0 Å². The number of nitrogens with zero attached hydrogens (tertiary/aromatic N) is 5. The number of benzene rings is 12. The van der Waals surface area contributed by atoms with Crippen LogP contribution in [0.15, 0.2) is 237 Å². The molecular weight excluding hydrogens is 1670 g/mol. The van der Waals surface area contributed by atoms with Gasteiger partial charge in [-0.3, -0.25) is 0 Å². The molecule has 0 aliphatic carbocycles. The molecule has 0 spiro atoms. The molecule has 16 rings (SSSR count). The van der Waals surface area contributed by atoms with Gasteiger partial charge in [-0.1, -0.05) is 344 Å². The van der Waals surface area contributed by atoms with E-state index in [1.165, 1.54) is 76.9 Å². The summed E-state index contributed by atoms with van der Waals surface area (Å²) in [6.07, 6.45) is 5.29. The number of rotatable bonds is 11. The normalized spacial score (nSPS) is 14.0. The zero-order chi connectivity index (χ0) is 90.1. The molecule has 0 fully saturated rings. The fourth-order valence-corrected chi connectivity index (χ4v) is 17.7. The molecule has 0 saturated carbocycles. The Labute approximate surface area is 753 Å². The molecule has 632 valence electrons. The third-order valence-corrected chi connectivity index (χ3v) is 25.6. The van der Waals surface area contributed by atoms with Crippen molar-refractivity contribution < 1.29 is 34.5 Å². The molecule has 7 heteroatoms. The Morgan fingerprint density at radius 1 is 0.341 bits per heavy atom. The topological polar surface area (TPSA) is 35.9 Å². The van der Waals surface area contributed by atoms with Crippen molar-refractivity contribution in [3.63, 3.8) is 0 Å². The molecule has 12 aromatic carbocycles. The summed E-state index contributed by atoms with van der Waals surface area (Å²) in [5.74, 6) is 1.69. The molecule has 1 aliphatic rings. The van der Waals surface area contributed by atoms with Crippen molar-refractivity contribution in [2.75, 3.05) is 7.05 Å². The number of aromatic nitrogens is 4. The van der Waals surface area contributed by atoms with Crippen LogP contribution in [0.4, 0.5) is 17.1 Å². The van der Waals surface area contributed by atoms with Crippen molar-refractivity contribution in [3.8, 4) is 101 Å². The molecule has 0 saturated heterocycles. The average molecular weight is 1800 g/mol. The van der Waals surface area contributed by atoms with Crippen molar-refractivity contribution in [2.24, 2.45) is 6.98 Å². The van der Waals surface area contributed by atoms with E-state index in [4.69, 9.17) is 9.72 Å². The van der Waals surface area contributed by atoms with Crippen LogP contribution >= 0.6 is 0 Å². The van der Waals surface area contributed by atoms with Gasteiger partial charge >= 0.3 is 0 Å². The number of pyridine rings is 1. The fraction of sp³-hybridized carbons (Fsp3) is 0.328.